The van der Waals surface area contributed by atoms with E-state index in [4.69, 9.17) is 19.5 Å². The Kier molecular flexibility index (Phi) is 10.2. The molecule has 2 N–H and O–H groups in total. The van der Waals surface area contributed by atoms with E-state index in [0.29, 0.717) is 23.5 Å². The number of carbonyl (C=O) groups is 1. The summed E-state index contributed by atoms with van der Waals surface area (Å²) in [5, 5.41) is 14.9. The van der Waals surface area contributed by atoms with E-state index < -0.39 is 0 Å². The number of hydrogen-bond donors (Lipinski definition) is 2. The maximum Gasteiger partial charge on any atom is 0.231 e. The molecule has 2 aliphatic rings. The van der Waals surface area contributed by atoms with Gasteiger partial charge in [0.25, 0.3) is 0 Å². The molecule has 1 saturated heterocycles. The van der Waals surface area contributed by atoms with E-state index in [1.54, 1.807) is 19.2 Å². The average molecular weight is 551 g/mol. The van der Waals surface area contributed by atoms with Gasteiger partial charge in [0, 0.05) is 18.3 Å². The molecule has 5 rings (SSSR count). The van der Waals surface area contributed by atoms with Crippen LogP contribution in [0.2, 0.25) is 0 Å². The Morgan fingerprint density at radius 2 is 1.75 bits per heavy atom. The minimum atomic E-state index is 0.232. The summed E-state index contributed by atoms with van der Waals surface area (Å²) >= 11 is 0. The summed E-state index contributed by atoms with van der Waals surface area (Å²) in [4.78, 5) is 17.5. The summed E-state index contributed by atoms with van der Waals surface area (Å²) in [6, 6.07) is 18.1. The van der Waals surface area contributed by atoms with E-state index in [1.807, 2.05) is 30.3 Å². The highest BCUT2D eigenvalue weighted by Crippen LogP contribution is 2.47. The molecule has 0 aromatic heterocycles. The van der Waals surface area contributed by atoms with Gasteiger partial charge >= 0.3 is 0 Å². The topological polar surface area (TPSA) is 98.7 Å². The van der Waals surface area contributed by atoms with Gasteiger partial charge in [0.05, 0.1) is 7.11 Å². The van der Waals surface area contributed by atoms with Crippen molar-refractivity contribution in [3.05, 3.63) is 76.9 Å². The quantitative estimate of drug-likeness (QED) is 0.177. The third-order valence-corrected chi connectivity index (χ3v) is 7.56. The lowest BCUT2D eigenvalue weighted by atomic mass is 9.93. The molecule has 0 spiro atoms. The maximum absolute atomic E-state index is 10.4. The lowest BCUT2D eigenvalue weighted by Crippen LogP contribution is -2.23. The molecule has 9 nitrogen and oxygen atoms in total. The summed E-state index contributed by atoms with van der Waals surface area (Å²) < 4.78 is 16.6. The Morgan fingerprint density at radius 1 is 1.02 bits per heavy atom. The predicted octanol–water partition coefficient (Wildman–Crippen LogP) is 6.14. The number of anilines is 1. The monoisotopic (exact) mass is 550 g/mol. The zero-order chi connectivity index (χ0) is 28.5. The van der Waals surface area contributed by atoms with Crippen molar-refractivity contribution in [1.82, 2.24) is 4.90 Å². The number of fused-ring (bicyclic) bond motifs is 1. The standard InChI is InChI=1S/C20H23NO6.C11H15NO/c1-3-21-11-15(8-17(21)13-4-6-16(7-5-13)26-27-22)14-9-18(23-2)20-19(10-14)24-12-25-20;1-3-9-6-5-7-10(4-2)11(9)12-8-13/h4-7,9-10,15,17,22H,3,8,11-12H2,1-2H3;5-8H,3-4H2,1-2H3,(H,12,13)/t15-,17-;/m1./s1. The fourth-order valence-corrected chi connectivity index (χ4v) is 5.50. The highest BCUT2D eigenvalue weighted by molar-refractivity contribution is 5.75. The number of methoxy groups -OCH3 is 1. The molecule has 0 saturated carbocycles. The predicted molar refractivity (Wildman–Crippen MR) is 152 cm³/mol. The SMILES string of the molecule is CCN1C[C@H](c2cc(OC)c3c(c2)OCO3)C[C@@H]1c1ccc(OOO)cc1.CCc1cccc(CC)c1NC=O. The van der Waals surface area contributed by atoms with Crippen LogP contribution >= 0.6 is 0 Å². The van der Waals surface area contributed by atoms with Gasteiger partial charge in [-0.2, -0.15) is 0 Å². The molecule has 2 heterocycles. The van der Waals surface area contributed by atoms with Crippen LogP contribution in [0.25, 0.3) is 0 Å². The van der Waals surface area contributed by atoms with Crippen LogP contribution in [0.1, 0.15) is 61.4 Å². The third-order valence-electron chi connectivity index (χ3n) is 7.56. The Hall–Kier alpha value is -3.79. The van der Waals surface area contributed by atoms with Crippen molar-refractivity contribution in [3.63, 3.8) is 0 Å². The number of likely N-dealkylation sites (tertiary alicyclic amines) is 1. The normalized spacial score (nSPS) is 17.6. The largest absolute Gasteiger partial charge is 0.493 e. The molecule has 0 bridgehead atoms. The smallest absolute Gasteiger partial charge is 0.231 e. The molecule has 2 atom stereocenters. The Balaban J connectivity index is 0.000000240. The van der Waals surface area contributed by atoms with Crippen LogP contribution in [0.5, 0.6) is 23.0 Å². The van der Waals surface area contributed by atoms with E-state index in [2.05, 4.69) is 53.0 Å². The number of hydrogen-bond acceptors (Lipinski definition) is 8. The summed E-state index contributed by atoms with van der Waals surface area (Å²) in [6.07, 6.45) is 3.63. The fourth-order valence-electron chi connectivity index (χ4n) is 5.50. The molecule has 0 aliphatic carbocycles. The first-order valence-corrected chi connectivity index (χ1v) is 13.7. The number of carbonyl (C=O) groups excluding carboxylic acids is 1. The first-order chi connectivity index (χ1) is 19.6. The van der Waals surface area contributed by atoms with Crippen LogP contribution in [0.15, 0.2) is 54.6 Å². The lowest BCUT2D eigenvalue weighted by Gasteiger charge is -2.22. The van der Waals surface area contributed by atoms with E-state index >= 15 is 0 Å². The third kappa shape index (κ3) is 6.50. The minimum absolute atomic E-state index is 0.232. The Bertz CT molecular complexity index is 1240. The lowest BCUT2D eigenvalue weighted by molar-refractivity contribution is -0.438. The van der Waals surface area contributed by atoms with Crippen LogP contribution in [-0.2, 0) is 22.7 Å². The van der Waals surface area contributed by atoms with Crippen molar-refractivity contribution in [1.29, 1.82) is 0 Å². The highest BCUT2D eigenvalue weighted by Gasteiger charge is 2.34. The summed E-state index contributed by atoms with van der Waals surface area (Å²) in [6.45, 7) is 8.50. The molecule has 0 unspecified atom stereocenters. The molecule has 0 radical (unpaired) electrons. The molecular formula is C31H38N2O7. The number of likely N-dealkylation sites (N-methyl/N-ethyl adjacent to an activating group) is 1. The highest BCUT2D eigenvalue weighted by atomic mass is 17.5. The molecule has 214 valence electrons. The van der Waals surface area contributed by atoms with E-state index in [-0.39, 0.29) is 6.79 Å². The number of amides is 1. The summed E-state index contributed by atoms with van der Waals surface area (Å²) in [5.74, 6) is 2.98. The van der Waals surface area contributed by atoms with Gasteiger partial charge in [-0.3, -0.25) is 9.69 Å². The zero-order valence-corrected chi connectivity index (χ0v) is 23.5. The van der Waals surface area contributed by atoms with Crippen molar-refractivity contribution in [2.75, 3.05) is 32.3 Å². The van der Waals surface area contributed by atoms with Crippen molar-refractivity contribution < 1.29 is 34.2 Å². The number of ether oxygens (including phenoxy) is 3. The number of aryl methyl sites for hydroxylation is 2. The van der Waals surface area contributed by atoms with Gasteiger partial charge in [0.1, 0.15) is 0 Å². The van der Waals surface area contributed by atoms with E-state index in [1.165, 1.54) is 22.3 Å². The van der Waals surface area contributed by atoms with Crippen LogP contribution in [-0.4, -0.2) is 43.6 Å². The van der Waals surface area contributed by atoms with Gasteiger partial charge in [0.2, 0.25) is 19.0 Å². The Morgan fingerprint density at radius 3 is 2.35 bits per heavy atom. The summed E-state index contributed by atoms with van der Waals surface area (Å²) in [5.41, 5.74) is 5.79. The maximum atomic E-state index is 10.4. The number of rotatable bonds is 10. The van der Waals surface area contributed by atoms with Gasteiger partial charge in [-0.25, -0.2) is 5.26 Å². The second kappa shape index (κ2) is 14.0. The first-order valence-electron chi connectivity index (χ1n) is 13.7. The second-order valence-electron chi connectivity index (χ2n) is 9.64. The van der Waals surface area contributed by atoms with Crippen molar-refractivity contribution in [3.8, 4) is 23.0 Å². The van der Waals surface area contributed by atoms with Crippen LogP contribution in [0.3, 0.4) is 0 Å². The van der Waals surface area contributed by atoms with Gasteiger partial charge in [-0.05, 0) is 83.3 Å². The van der Waals surface area contributed by atoms with Crippen LogP contribution in [0.4, 0.5) is 5.69 Å². The minimum Gasteiger partial charge on any atom is -0.493 e. The molecule has 3 aromatic rings. The fraction of sp³-hybridized carbons (Fsp3) is 0.387. The molecule has 9 heteroatoms. The van der Waals surface area contributed by atoms with Crippen molar-refractivity contribution in [2.45, 2.75) is 52.0 Å². The number of nitrogens with zero attached hydrogens (tertiary/aromatic N) is 1. The van der Waals surface area contributed by atoms with Crippen molar-refractivity contribution >= 4 is 12.1 Å². The van der Waals surface area contributed by atoms with E-state index in [0.717, 1.165) is 55.9 Å². The number of para-hydroxylation sites is 1. The zero-order valence-electron chi connectivity index (χ0n) is 23.5. The number of nitrogens with one attached hydrogen (secondary N) is 1. The van der Waals surface area contributed by atoms with Gasteiger partial charge < -0.3 is 24.4 Å². The molecule has 3 aromatic carbocycles. The van der Waals surface area contributed by atoms with Gasteiger partial charge in [-0.15, -0.1) is 0 Å². The molecule has 40 heavy (non-hydrogen) atoms. The average Bonchev–Trinajstić information content (AvgIpc) is 3.65. The van der Waals surface area contributed by atoms with Crippen LogP contribution in [0, 0.1) is 0 Å². The molecule has 2 aliphatic heterocycles. The molecule has 1 amide bonds. The van der Waals surface area contributed by atoms with Gasteiger partial charge in [0.15, 0.2) is 17.2 Å². The first kappa shape index (κ1) is 29.2. The van der Waals surface area contributed by atoms with Gasteiger partial charge in [-0.1, -0.05) is 51.1 Å². The van der Waals surface area contributed by atoms with E-state index in [9.17, 15) is 4.79 Å². The number of benzene rings is 3. The Labute approximate surface area is 235 Å². The summed E-state index contributed by atoms with van der Waals surface area (Å²) in [7, 11) is 1.65. The molecule has 1 fully saturated rings. The van der Waals surface area contributed by atoms with Crippen LogP contribution < -0.4 is 24.4 Å². The molecular weight excluding hydrogens is 512 g/mol. The van der Waals surface area contributed by atoms with Crippen molar-refractivity contribution in [2.24, 2.45) is 0 Å². The second-order valence-corrected chi connectivity index (χ2v) is 9.64.